The van der Waals surface area contributed by atoms with Gasteiger partial charge in [0.05, 0.1) is 10.7 Å². The fourth-order valence-electron chi connectivity index (χ4n) is 3.09. The van der Waals surface area contributed by atoms with Gasteiger partial charge in [-0.25, -0.2) is 0 Å². The fraction of sp³-hybridized carbons (Fsp3) is 0.647. The second kappa shape index (κ2) is 6.55. The predicted octanol–water partition coefficient (Wildman–Crippen LogP) is 3.12. The largest absolute Gasteiger partial charge is 0.370 e. The van der Waals surface area contributed by atoms with E-state index in [4.69, 9.17) is 11.6 Å². The highest BCUT2D eigenvalue weighted by Gasteiger charge is 2.22. The lowest BCUT2D eigenvalue weighted by Crippen LogP contribution is -2.42. The Balaban J connectivity index is 1.60. The van der Waals surface area contributed by atoms with Crippen molar-refractivity contribution >= 4 is 17.3 Å². The summed E-state index contributed by atoms with van der Waals surface area (Å²) in [6.45, 7) is 3.14. The van der Waals surface area contributed by atoms with Crippen LogP contribution in [0.2, 0.25) is 5.02 Å². The van der Waals surface area contributed by atoms with Gasteiger partial charge in [-0.3, -0.25) is 0 Å². The summed E-state index contributed by atoms with van der Waals surface area (Å²) in [7, 11) is 4.35. The van der Waals surface area contributed by atoms with Crippen LogP contribution in [0.15, 0.2) is 18.2 Å². The van der Waals surface area contributed by atoms with E-state index in [1.165, 1.54) is 36.9 Å². The average Bonchev–Trinajstić information content (AvgIpc) is 3.29. The Hall–Kier alpha value is -0.770. The smallest absolute Gasteiger partial charge is 0.0642 e. The molecule has 3 nitrogen and oxygen atoms in total. The molecule has 0 amide bonds. The summed E-state index contributed by atoms with van der Waals surface area (Å²) in [4.78, 5) is 4.77. The van der Waals surface area contributed by atoms with E-state index in [2.05, 4.69) is 47.4 Å². The normalized spacial score (nSPS) is 20.3. The maximum absolute atomic E-state index is 6.51. The van der Waals surface area contributed by atoms with E-state index in [1.54, 1.807) is 0 Å². The van der Waals surface area contributed by atoms with Crippen molar-refractivity contribution in [1.29, 1.82) is 0 Å². The molecule has 0 unspecified atom stereocenters. The van der Waals surface area contributed by atoms with Crippen LogP contribution in [-0.4, -0.2) is 44.2 Å². The number of nitrogens with one attached hydrogen (secondary N) is 1. The molecule has 1 aromatic rings. The molecular weight excluding hydrogens is 282 g/mol. The molecule has 4 heteroatoms. The number of benzene rings is 1. The molecule has 1 heterocycles. The first-order valence-electron chi connectivity index (χ1n) is 8.06. The highest BCUT2D eigenvalue weighted by atomic mass is 35.5. The number of halogens is 1. The van der Waals surface area contributed by atoms with Gasteiger partial charge in [0.25, 0.3) is 0 Å². The summed E-state index contributed by atoms with van der Waals surface area (Å²) >= 11 is 6.51. The van der Waals surface area contributed by atoms with Crippen molar-refractivity contribution in [2.45, 2.75) is 44.3 Å². The van der Waals surface area contributed by atoms with Crippen molar-refractivity contribution in [2.24, 2.45) is 0 Å². The van der Waals surface area contributed by atoms with Gasteiger partial charge in [0, 0.05) is 31.7 Å². The van der Waals surface area contributed by atoms with Gasteiger partial charge >= 0.3 is 0 Å². The van der Waals surface area contributed by atoms with Crippen molar-refractivity contribution in [3.05, 3.63) is 28.8 Å². The zero-order valence-corrected chi connectivity index (χ0v) is 13.9. The topological polar surface area (TPSA) is 18.5 Å². The molecular formula is C17H26ClN3. The molecule has 116 valence electrons. The van der Waals surface area contributed by atoms with Crippen molar-refractivity contribution < 1.29 is 0 Å². The van der Waals surface area contributed by atoms with Crippen LogP contribution < -0.4 is 10.2 Å². The molecule has 1 aromatic carbocycles. The van der Waals surface area contributed by atoms with E-state index in [9.17, 15) is 0 Å². The standard InChI is InChI=1S/C17H26ClN3/c1-20(2)15-7-9-21(10-8-15)17-6-3-13(11-16(17)18)12-19-14-4-5-14/h3,6,11,14-15,19H,4-5,7-10,12H2,1-2H3. The fourth-order valence-corrected chi connectivity index (χ4v) is 3.41. The first-order valence-corrected chi connectivity index (χ1v) is 8.44. The lowest BCUT2D eigenvalue weighted by molar-refractivity contribution is 0.249. The Labute approximate surface area is 133 Å². The Morgan fingerprint density at radius 2 is 1.90 bits per heavy atom. The van der Waals surface area contributed by atoms with Gasteiger partial charge in [0.1, 0.15) is 0 Å². The Bertz CT molecular complexity index is 477. The monoisotopic (exact) mass is 307 g/mol. The number of hydrogen-bond donors (Lipinski definition) is 1. The summed E-state index contributed by atoms with van der Waals surface area (Å²) in [5.41, 5.74) is 2.49. The molecule has 0 bridgehead atoms. The predicted molar refractivity (Wildman–Crippen MR) is 90.2 cm³/mol. The van der Waals surface area contributed by atoms with Gasteiger partial charge in [-0.05, 0) is 57.5 Å². The van der Waals surface area contributed by atoms with E-state index >= 15 is 0 Å². The van der Waals surface area contributed by atoms with Gasteiger partial charge < -0.3 is 15.1 Å². The van der Waals surface area contributed by atoms with Crippen LogP contribution in [0.3, 0.4) is 0 Å². The molecule has 0 aromatic heterocycles. The second-order valence-corrected chi connectivity index (χ2v) is 7.03. The van der Waals surface area contributed by atoms with Gasteiger partial charge in [-0.1, -0.05) is 17.7 Å². The van der Waals surface area contributed by atoms with Crippen LogP contribution in [0.4, 0.5) is 5.69 Å². The van der Waals surface area contributed by atoms with Crippen molar-refractivity contribution in [3.8, 4) is 0 Å². The van der Waals surface area contributed by atoms with Gasteiger partial charge in [0.15, 0.2) is 0 Å². The average molecular weight is 308 g/mol. The molecule has 1 saturated carbocycles. The third-order valence-electron chi connectivity index (χ3n) is 4.72. The molecule has 0 atom stereocenters. The minimum Gasteiger partial charge on any atom is -0.370 e. The maximum Gasteiger partial charge on any atom is 0.0642 e. The molecule has 1 aliphatic carbocycles. The zero-order chi connectivity index (χ0) is 14.8. The van der Waals surface area contributed by atoms with E-state index in [-0.39, 0.29) is 0 Å². The summed E-state index contributed by atoms with van der Waals surface area (Å²) < 4.78 is 0. The molecule has 0 spiro atoms. The molecule has 2 aliphatic rings. The number of nitrogens with zero attached hydrogens (tertiary/aromatic N) is 2. The van der Waals surface area contributed by atoms with Gasteiger partial charge in [-0.2, -0.15) is 0 Å². The minimum absolute atomic E-state index is 0.710. The van der Waals surface area contributed by atoms with Crippen LogP contribution in [0.25, 0.3) is 0 Å². The first kappa shape index (κ1) is 15.1. The number of hydrogen-bond acceptors (Lipinski definition) is 3. The van der Waals surface area contributed by atoms with Crippen molar-refractivity contribution in [2.75, 3.05) is 32.1 Å². The lowest BCUT2D eigenvalue weighted by Gasteiger charge is -2.36. The first-order chi connectivity index (χ1) is 10.1. The SMILES string of the molecule is CN(C)C1CCN(c2ccc(CNC3CC3)cc2Cl)CC1. The highest BCUT2D eigenvalue weighted by molar-refractivity contribution is 6.33. The van der Waals surface area contributed by atoms with E-state index in [0.29, 0.717) is 6.04 Å². The van der Waals surface area contributed by atoms with Crippen LogP contribution in [-0.2, 0) is 6.54 Å². The van der Waals surface area contributed by atoms with Crippen LogP contribution in [0.1, 0.15) is 31.2 Å². The van der Waals surface area contributed by atoms with E-state index in [1.807, 2.05) is 0 Å². The molecule has 1 aliphatic heterocycles. The lowest BCUT2D eigenvalue weighted by atomic mass is 10.0. The Kier molecular flexibility index (Phi) is 4.72. The Morgan fingerprint density at radius 3 is 2.48 bits per heavy atom. The molecule has 21 heavy (non-hydrogen) atoms. The van der Waals surface area contributed by atoms with Crippen molar-refractivity contribution in [1.82, 2.24) is 10.2 Å². The molecule has 0 radical (unpaired) electrons. The summed E-state index contributed by atoms with van der Waals surface area (Å²) in [5, 5.41) is 4.44. The van der Waals surface area contributed by atoms with Crippen LogP contribution >= 0.6 is 11.6 Å². The maximum atomic E-state index is 6.51. The summed E-state index contributed by atoms with van der Waals surface area (Å²) in [6, 6.07) is 8.00. The third kappa shape index (κ3) is 3.91. The second-order valence-electron chi connectivity index (χ2n) is 6.62. The summed E-state index contributed by atoms with van der Waals surface area (Å²) in [6.07, 6.45) is 5.09. The van der Waals surface area contributed by atoms with Gasteiger partial charge in [-0.15, -0.1) is 0 Å². The van der Waals surface area contributed by atoms with Crippen molar-refractivity contribution in [3.63, 3.8) is 0 Å². The number of piperidine rings is 1. The molecule has 1 saturated heterocycles. The highest BCUT2D eigenvalue weighted by Crippen LogP contribution is 2.30. The van der Waals surface area contributed by atoms with Gasteiger partial charge in [0.2, 0.25) is 0 Å². The van der Waals surface area contributed by atoms with E-state index < -0.39 is 0 Å². The zero-order valence-electron chi connectivity index (χ0n) is 13.1. The Morgan fingerprint density at radius 1 is 1.19 bits per heavy atom. The molecule has 2 fully saturated rings. The third-order valence-corrected chi connectivity index (χ3v) is 5.02. The van der Waals surface area contributed by atoms with Crippen LogP contribution in [0, 0.1) is 0 Å². The molecule has 1 N–H and O–H groups in total. The number of rotatable bonds is 5. The van der Waals surface area contributed by atoms with Crippen LogP contribution in [0.5, 0.6) is 0 Å². The quantitative estimate of drug-likeness (QED) is 0.901. The summed E-state index contributed by atoms with van der Waals surface area (Å²) in [5.74, 6) is 0. The number of anilines is 1. The minimum atomic E-state index is 0.710. The van der Waals surface area contributed by atoms with E-state index in [0.717, 1.165) is 30.7 Å². The molecule has 3 rings (SSSR count).